The van der Waals surface area contributed by atoms with Crippen LogP contribution in [0.5, 0.6) is 0 Å². The molecule has 0 spiro atoms. The van der Waals surface area contributed by atoms with Gasteiger partial charge in [-0.2, -0.15) is 0 Å². The Morgan fingerprint density at radius 2 is 1.86 bits per heavy atom. The molecule has 1 amide bonds. The zero-order chi connectivity index (χ0) is 21.2. The maximum Gasteiger partial charge on any atom is 0.264 e. The lowest BCUT2D eigenvalue weighted by atomic mass is 10.0. The molecule has 1 atom stereocenters. The van der Waals surface area contributed by atoms with Crippen molar-refractivity contribution < 1.29 is 13.2 Å². The molecular formula is C22H27ClN2O3S. The number of carbonyl (C=O) groups is 1. The molecule has 0 bridgehead atoms. The quantitative estimate of drug-likeness (QED) is 0.700. The summed E-state index contributed by atoms with van der Waals surface area (Å²) in [7, 11) is -3.93. The minimum Gasteiger partial charge on any atom is -0.341 e. The summed E-state index contributed by atoms with van der Waals surface area (Å²) in [5.41, 5.74) is 2.13. The van der Waals surface area contributed by atoms with E-state index < -0.39 is 10.0 Å². The van der Waals surface area contributed by atoms with E-state index >= 15 is 0 Å². The van der Waals surface area contributed by atoms with E-state index in [9.17, 15) is 13.2 Å². The Hall–Kier alpha value is -2.05. The predicted molar refractivity (Wildman–Crippen MR) is 117 cm³/mol. The first-order valence-corrected chi connectivity index (χ1v) is 11.6. The maximum atomic E-state index is 13.5. The molecule has 3 rings (SSSR count). The van der Waals surface area contributed by atoms with Crippen LogP contribution in [-0.2, 0) is 14.8 Å². The minimum absolute atomic E-state index is 0.155. The van der Waals surface area contributed by atoms with Crippen LogP contribution in [0.1, 0.15) is 30.9 Å². The highest BCUT2D eigenvalue weighted by Gasteiger charge is 2.31. The van der Waals surface area contributed by atoms with E-state index in [4.69, 9.17) is 11.6 Å². The van der Waals surface area contributed by atoms with Gasteiger partial charge in [0.2, 0.25) is 5.91 Å². The van der Waals surface area contributed by atoms with Gasteiger partial charge in [-0.1, -0.05) is 42.3 Å². The zero-order valence-corrected chi connectivity index (χ0v) is 18.6. The average molecular weight is 435 g/mol. The van der Waals surface area contributed by atoms with E-state index in [0.717, 1.165) is 24.0 Å². The first-order valence-electron chi connectivity index (χ1n) is 9.82. The van der Waals surface area contributed by atoms with Gasteiger partial charge in [-0.15, -0.1) is 0 Å². The van der Waals surface area contributed by atoms with Gasteiger partial charge in [-0.3, -0.25) is 9.10 Å². The smallest absolute Gasteiger partial charge is 0.264 e. The highest BCUT2D eigenvalue weighted by molar-refractivity contribution is 7.92. The Kier molecular flexibility index (Phi) is 6.54. The summed E-state index contributed by atoms with van der Waals surface area (Å²) < 4.78 is 28.2. The van der Waals surface area contributed by atoms with E-state index in [-0.39, 0.29) is 17.3 Å². The number of likely N-dealkylation sites (tertiary alicyclic amines) is 1. The minimum atomic E-state index is -3.93. The van der Waals surface area contributed by atoms with E-state index in [1.807, 2.05) is 13.8 Å². The van der Waals surface area contributed by atoms with Gasteiger partial charge in [0, 0.05) is 18.1 Å². The summed E-state index contributed by atoms with van der Waals surface area (Å²) in [6.07, 6.45) is 2.02. The van der Waals surface area contributed by atoms with Crippen molar-refractivity contribution in [2.75, 3.05) is 23.9 Å². The number of hydrogen-bond donors (Lipinski definition) is 0. The molecule has 5 nitrogen and oxygen atoms in total. The van der Waals surface area contributed by atoms with Crippen LogP contribution in [-0.4, -0.2) is 38.9 Å². The highest BCUT2D eigenvalue weighted by atomic mass is 35.5. The molecule has 0 radical (unpaired) electrons. The van der Waals surface area contributed by atoms with Crippen molar-refractivity contribution in [3.05, 3.63) is 58.6 Å². The molecule has 1 heterocycles. The standard InChI is InChI=1S/C22H27ClN2O3S/c1-16-6-10-20(11-7-16)29(27,28)25(21-13-19(23)9-8-18(21)3)15-22(26)24-12-4-5-17(2)14-24/h6-11,13,17H,4-5,12,14-15H2,1-3H3/t17-/m1/s1. The molecule has 0 unspecified atom stereocenters. The molecule has 2 aromatic rings. The van der Waals surface area contributed by atoms with Gasteiger partial charge in [0.25, 0.3) is 10.0 Å². The number of amides is 1. The molecule has 156 valence electrons. The van der Waals surface area contributed by atoms with E-state index in [1.54, 1.807) is 47.4 Å². The molecule has 7 heteroatoms. The SMILES string of the molecule is Cc1ccc(S(=O)(=O)N(CC(=O)N2CCC[C@@H](C)C2)c2cc(Cl)ccc2C)cc1. The molecule has 0 aromatic heterocycles. The molecule has 1 aliphatic heterocycles. The summed E-state index contributed by atoms with van der Waals surface area (Å²) in [5, 5.41) is 0.425. The van der Waals surface area contributed by atoms with Crippen molar-refractivity contribution in [2.45, 2.75) is 38.5 Å². The topological polar surface area (TPSA) is 57.7 Å². The van der Waals surface area contributed by atoms with Crippen molar-refractivity contribution in [2.24, 2.45) is 5.92 Å². The zero-order valence-electron chi connectivity index (χ0n) is 17.1. The molecule has 2 aromatic carbocycles. The third kappa shape index (κ3) is 4.93. The fourth-order valence-corrected chi connectivity index (χ4v) is 5.26. The monoisotopic (exact) mass is 434 g/mol. The number of piperidine rings is 1. The first-order chi connectivity index (χ1) is 13.7. The summed E-state index contributed by atoms with van der Waals surface area (Å²) >= 11 is 6.17. The lowest BCUT2D eigenvalue weighted by Crippen LogP contribution is -2.46. The Bertz CT molecular complexity index is 990. The number of nitrogens with zero attached hydrogens (tertiary/aromatic N) is 2. The van der Waals surface area contributed by atoms with Gasteiger partial charge in [0.1, 0.15) is 6.54 Å². The molecule has 29 heavy (non-hydrogen) atoms. The normalized spacial score (nSPS) is 17.2. The molecule has 0 saturated carbocycles. The van der Waals surface area contributed by atoms with Crippen LogP contribution in [0.3, 0.4) is 0 Å². The van der Waals surface area contributed by atoms with E-state index in [2.05, 4.69) is 6.92 Å². The molecular weight excluding hydrogens is 408 g/mol. The number of anilines is 1. The Morgan fingerprint density at radius 3 is 2.52 bits per heavy atom. The summed E-state index contributed by atoms with van der Waals surface area (Å²) in [6, 6.07) is 11.7. The largest absolute Gasteiger partial charge is 0.341 e. The maximum absolute atomic E-state index is 13.5. The van der Waals surface area contributed by atoms with Crippen LogP contribution in [0.4, 0.5) is 5.69 Å². The molecule has 1 saturated heterocycles. The van der Waals surface area contributed by atoms with Gasteiger partial charge in [0.15, 0.2) is 0 Å². The van der Waals surface area contributed by atoms with Crippen LogP contribution in [0.15, 0.2) is 47.4 Å². The number of halogens is 1. The third-order valence-electron chi connectivity index (χ3n) is 5.34. The van der Waals surface area contributed by atoms with Crippen LogP contribution < -0.4 is 4.31 Å². The second-order valence-corrected chi connectivity index (χ2v) is 10.1. The van der Waals surface area contributed by atoms with Gasteiger partial charge in [0.05, 0.1) is 10.6 Å². The van der Waals surface area contributed by atoms with Crippen LogP contribution >= 0.6 is 11.6 Å². The molecule has 1 fully saturated rings. The Labute approximate surface area is 178 Å². The van der Waals surface area contributed by atoms with Gasteiger partial charge in [-0.05, 0) is 62.4 Å². The van der Waals surface area contributed by atoms with Crippen molar-refractivity contribution in [1.29, 1.82) is 0 Å². The second kappa shape index (κ2) is 8.76. The number of aryl methyl sites for hydroxylation is 2. The fourth-order valence-electron chi connectivity index (χ4n) is 3.63. The number of carbonyl (C=O) groups excluding carboxylic acids is 1. The van der Waals surface area contributed by atoms with Gasteiger partial charge in [-0.25, -0.2) is 8.42 Å². The molecule has 1 aliphatic rings. The van der Waals surface area contributed by atoms with Crippen molar-refractivity contribution in [3.8, 4) is 0 Å². The lowest BCUT2D eigenvalue weighted by molar-refractivity contribution is -0.131. The van der Waals surface area contributed by atoms with Crippen LogP contribution in [0.2, 0.25) is 5.02 Å². The summed E-state index contributed by atoms with van der Waals surface area (Å²) in [5.74, 6) is 0.231. The highest BCUT2D eigenvalue weighted by Crippen LogP contribution is 2.30. The fraction of sp³-hybridized carbons (Fsp3) is 0.409. The molecule has 0 aliphatic carbocycles. The molecule has 0 N–H and O–H groups in total. The van der Waals surface area contributed by atoms with Crippen LogP contribution in [0.25, 0.3) is 0 Å². The Morgan fingerprint density at radius 1 is 1.17 bits per heavy atom. The summed E-state index contributed by atoms with van der Waals surface area (Å²) in [4.78, 5) is 15.0. The van der Waals surface area contributed by atoms with Crippen LogP contribution in [0, 0.1) is 19.8 Å². The van der Waals surface area contributed by atoms with Crippen molar-refractivity contribution in [1.82, 2.24) is 4.90 Å². The predicted octanol–water partition coefficient (Wildman–Crippen LogP) is 4.41. The van der Waals surface area contributed by atoms with E-state index in [1.165, 1.54) is 4.31 Å². The van der Waals surface area contributed by atoms with Crippen molar-refractivity contribution >= 4 is 33.2 Å². The second-order valence-electron chi connectivity index (χ2n) is 7.84. The number of hydrogen-bond acceptors (Lipinski definition) is 3. The lowest BCUT2D eigenvalue weighted by Gasteiger charge is -2.33. The number of rotatable bonds is 5. The Balaban J connectivity index is 2.01. The van der Waals surface area contributed by atoms with Crippen molar-refractivity contribution in [3.63, 3.8) is 0 Å². The summed E-state index contributed by atoms with van der Waals surface area (Å²) in [6.45, 7) is 6.90. The average Bonchev–Trinajstić information content (AvgIpc) is 2.68. The third-order valence-corrected chi connectivity index (χ3v) is 7.35. The number of benzene rings is 2. The first kappa shape index (κ1) is 21.7. The van der Waals surface area contributed by atoms with E-state index in [0.29, 0.717) is 29.7 Å². The van der Waals surface area contributed by atoms with Gasteiger partial charge >= 0.3 is 0 Å². The number of sulfonamides is 1. The van der Waals surface area contributed by atoms with Gasteiger partial charge < -0.3 is 4.90 Å².